The molecule has 0 aliphatic heterocycles. The molecule has 3 rings (SSSR count). The summed E-state index contributed by atoms with van der Waals surface area (Å²) in [5.41, 5.74) is 4.45. The number of pyridine rings is 2. The summed E-state index contributed by atoms with van der Waals surface area (Å²) in [6, 6.07) is 6.18. The van der Waals surface area contributed by atoms with E-state index in [0.29, 0.717) is 11.5 Å². The molecular formula is C17H17N3O. The quantitative estimate of drug-likeness (QED) is 0.918. The van der Waals surface area contributed by atoms with Gasteiger partial charge in [0.05, 0.1) is 0 Å². The molecule has 0 saturated heterocycles. The monoisotopic (exact) mass is 279 g/mol. The molecule has 4 nitrogen and oxygen atoms in total. The maximum Gasteiger partial charge on any atom is 0.266 e. The fourth-order valence-electron chi connectivity index (χ4n) is 3.27. The van der Waals surface area contributed by atoms with E-state index in [1.165, 1.54) is 11.1 Å². The van der Waals surface area contributed by atoms with Crippen LogP contribution in [0.15, 0.2) is 29.3 Å². The van der Waals surface area contributed by atoms with Crippen LogP contribution in [0, 0.1) is 11.3 Å². The summed E-state index contributed by atoms with van der Waals surface area (Å²) in [6.07, 6.45) is 7.07. The number of rotatable bonds is 2. The molecule has 0 saturated carbocycles. The predicted molar refractivity (Wildman–Crippen MR) is 80.2 cm³/mol. The van der Waals surface area contributed by atoms with Crippen molar-refractivity contribution in [1.29, 1.82) is 5.26 Å². The minimum Gasteiger partial charge on any atom is -0.325 e. The maximum atomic E-state index is 12.0. The standard InChI is InChI=1S/C17H17N3O/c1-2-16-14-9-12(11-5-7-19-8-6-11)3-4-13(14)15(10-18)17(21)20-16/h5-8,12H,2-4,9H2,1H3,(H,20,21). The molecule has 2 heterocycles. The second-order valence-corrected chi connectivity index (χ2v) is 5.45. The van der Waals surface area contributed by atoms with Crippen LogP contribution in [0.3, 0.4) is 0 Å². The van der Waals surface area contributed by atoms with E-state index in [9.17, 15) is 10.1 Å². The van der Waals surface area contributed by atoms with Crippen LogP contribution >= 0.6 is 0 Å². The van der Waals surface area contributed by atoms with E-state index < -0.39 is 0 Å². The van der Waals surface area contributed by atoms with Gasteiger partial charge in [-0.15, -0.1) is 0 Å². The van der Waals surface area contributed by atoms with Crippen molar-refractivity contribution in [2.24, 2.45) is 0 Å². The Labute approximate surface area is 123 Å². The summed E-state index contributed by atoms with van der Waals surface area (Å²) >= 11 is 0. The second-order valence-electron chi connectivity index (χ2n) is 5.45. The van der Waals surface area contributed by atoms with Crippen LogP contribution in [0.5, 0.6) is 0 Å². The summed E-state index contributed by atoms with van der Waals surface area (Å²) in [5, 5.41) is 9.24. The topological polar surface area (TPSA) is 69.5 Å². The zero-order chi connectivity index (χ0) is 14.8. The van der Waals surface area contributed by atoms with Gasteiger partial charge >= 0.3 is 0 Å². The van der Waals surface area contributed by atoms with Crippen molar-refractivity contribution in [3.8, 4) is 6.07 Å². The molecule has 2 aromatic heterocycles. The fraction of sp³-hybridized carbons (Fsp3) is 0.353. The highest BCUT2D eigenvalue weighted by Crippen LogP contribution is 2.34. The largest absolute Gasteiger partial charge is 0.325 e. The number of hydrogen-bond donors (Lipinski definition) is 1. The first-order chi connectivity index (χ1) is 10.2. The Hall–Kier alpha value is -2.41. The number of nitrogens with one attached hydrogen (secondary N) is 1. The molecule has 0 amide bonds. The third-order valence-corrected chi connectivity index (χ3v) is 4.36. The van der Waals surface area contributed by atoms with E-state index >= 15 is 0 Å². The van der Waals surface area contributed by atoms with Gasteiger partial charge in [-0.2, -0.15) is 5.26 Å². The smallest absolute Gasteiger partial charge is 0.266 e. The van der Waals surface area contributed by atoms with Crippen LogP contribution in [0.25, 0.3) is 0 Å². The first kappa shape index (κ1) is 13.6. The Morgan fingerprint density at radius 3 is 2.81 bits per heavy atom. The molecule has 1 aliphatic carbocycles. The molecule has 1 N–H and O–H groups in total. The Morgan fingerprint density at radius 2 is 2.14 bits per heavy atom. The molecule has 1 atom stereocenters. The summed E-state index contributed by atoms with van der Waals surface area (Å²) in [6.45, 7) is 2.04. The van der Waals surface area contributed by atoms with Crippen molar-refractivity contribution in [2.75, 3.05) is 0 Å². The van der Waals surface area contributed by atoms with Gasteiger partial charge in [0.1, 0.15) is 11.6 Å². The van der Waals surface area contributed by atoms with E-state index in [-0.39, 0.29) is 5.56 Å². The predicted octanol–water partition coefficient (Wildman–Crippen LogP) is 2.48. The summed E-state index contributed by atoms with van der Waals surface area (Å²) in [7, 11) is 0. The number of hydrogen-bond acceptors (Lipinski definition) is 3. The minimum absolute atomic E-state index is 0.240. The number of aryl methyl sites for hydroxylation is 1. The number of aromatic amines is 1. The first-order valence-corrected chi connectivity index (χ1v) is 7.31. The van der Waals surface area contributed by atoms with Gasteiger partial charge in [-0.05, 0) is 60.4 Å². The van der Waals surface area contributed by atoms with Gasteiger partial charge in [-0.25, -0.2) is 0 Å². The molecule has 0 spiro atoms. The number of nitriles is 1. The molecular weight excluding hydrogens is 262 g/mol. The summed E-state index contributed by atoms with van der Waals surface area (Å²) in [4.78, 5) is 18.9. The average Bonchev–Trinajstić information content (AvgIpc) is 2.54. The Bertz CT molecular complexity index is 756. The van der Waals surface area contributed by atoms with Crippen molar-refractivity contribution in [3.63, 3.8) is 0 Å². The molecule has 1 aliphatic rings. The zero-order valence-electron chi connectivity index (χ0n) is 12.0. The highest BCUT2D eigenvalue weighted by molar-refractivity contribution is 5.46. The minimum atomic E-state index is -0.240. The lowest BCUT2D eigenvalue weighted by Crippen LogP contribution is -2.24. The van der Waals surface area contributed by atoms with E-state index in [2.05, 4.69) is 28.2 Å². The van der Waals surface area contributed by atoms with Crippen molar-refractivity contribution >= 4 is 0 Å². The molecule has 2 aromatic rings. The number of aromatic nitrogens is 2. The van der Waals surface area contributed by atoms with E-state index in [1.54, 1.807) is 0 Å². The number of nitrogens with zero attached hydrogens (tertiary/aromatic N) is 2. The third kappa shape index (κ3) is 2.36. The lowest BCUT2D eigenvalue weighted by molar-refractivity contribution is 0.575. The fourth-order valence-corrected chi connectivity index (χ4v) is 3.27. The second kappa shape index (κ2) is 5.53. The SMILES string of the molecule is CCc1[nH]c(=O)c(C#N)c2c1CC(c1ccncc1)CC2. The molecule has 0 bridgehead atoms. The maximum absolute atomic E-state index is 12.0. The van der Waals surface area contributed by atoms with Gasteiger partial charge in [-0.1, -0.05) is 6.92 Å². The molecule has 4 heteroatoms. The van der Waals surface area contributed by atoms with Crippen LogP contribution in [-0.2, 0) is 19.3 Å². The van der Waals surface area contributed by atoms with Gasteiger partial charge < -0.3 is 4.98 Å². The zero-order valence-corrected chi connectivity index (χ0v) is 12.0. The van der Waals surface area contributed by atoms with Crippen LogP contribution in [0.1, 0.15) is 47.2 Å². The van der Waals surface area contributed by atoms with Gasteiger partial charge in [0.25, 0.3) is 5.56 Å². The van der Waals surface area contributed by atoms with Gasteiger partial charge in [0, 0.05) is 18.1 Å². The Kier molecular flexibility index (Phi) is 3.57. The lowest BCUT2D eigenvalue weighted by Gasteiger charge is -2.27. The van der Waals surface area contributed by atoms with Crippen LogP contribution in [0.4, 0.5) is 0 Å². The molecule has 106 valence electrons. The van der Waals surface area contributed by atoms with Crippen molar-refractivity contribution in [2.45, 2.75) is 38.5 Å². The lowest BCUT2D eigenvalue weighted by atomic mass is 9.78. The van der Waals surface area contributed by atoms with Gasteiger partial charge in [0.15, 0.2) is 0 Å². The third-order valence-electron chi connectivity index (χ3n) is 4.36. The molecule has 0 radical (unpaired) electrons. The van der Waals surface area contributed by atoms with Crippen LogP contribution in [-0.4, -0.2) is 9.97 Å². The van der Waals surface area contributed by atoms with E-state index in [4.69, 9.17) is 0 Å². The normalized spacial score (nSPS) is 17.0. The molecule has 21 heavy (non-hydrogen) atoms. The van der Waals surface area contributed by atoms with Crippen molar-refractivity contribution in [1.82, 2.24) is 9.97 Å². The van der Waals surface area contributed by atoms with Crippen molar-refractivity contribution < 1.29 is 0 Å². The number of fused-ring (bicyclic) bond motifs is 1. The average molecular weight is 279 g/mol. The Balaban J connectivity index is 2.07. The van der Waals surface area contributed by atoms with Crippen molar-refractivity contribution in [3.05, 3.63) is 62.8 Å². The summed E-state index contributed by atoms with van der Waals surface area (Å²) < 4.78 is 0. The first-order valence-electron chi connectivity index (χ1n) is 7.31. The van der Waals surface area contributed by atoms with Gasteiger partial charge in [0.2, 0.25) is 0 Å². The Morgan fingerprint density at radius 1 is 1.38 bits per heavy atom. The van der Waals surface area contributed by atoms with Crippen LogP contribution < -0.4 is 5.56 Å². The summed E-state index contributed by atoms with van der Waals surface area (Å²) in [5.74, 6) is 0.434. The highest BCUT2D eigenvalue weighted by atomic mass is 16.1. The highest BCUT2D eigenvalue weighted by Gasteiger charge is 2.25. The van der Waals surface area contributed by atoms with E-state index in [0.717, 1.165) is 36.9 Å². The van der Waals surface area contributed by atoms with E-state index in [1.807, 2.05) is 19.3 Å². The molecule has 0 fully saturated rings. The number of H-pyrrole nitrogens is 1. The molecule has 1 unspecified atom stereocenters. The van der Waals surface area contributed by atoms with Crippen LogP contribution in [0.2, 0.25) is 0 Å². The van der Waals surface area contributed by atoms with Gasteiger partial charge in [-0.3, -0.25) is 9.78 Å². The molecule has 0 aromatic carbocycles.